The molecule has 0 aliphatic carbocycles. The van der Waals surface area contributed by atoms with Crippen molar-refractivity contribution in [2.45, 2.75) is 33.1 Å². The molecule has 0 unspecified atom stereocenters. The Kier molecular flexibility index (Phi) is 3.24. The fraction of sp³-hybridized carbons (Fsp3) is 0.467. The second-order valence-corrected chi connectivity index (χ2v) is 5.71. The molecular formula is C15H20N2O. The molecule has 0 saturated carbocycles. The molecule has 1 amide bonds. The van der Waals surface area contributed by atoms with E-state index >= 15 is 0 Å². The Bertz CT molecular complexity index is 480. The van der Waals surface area contributed by atoms with Gasteiger partial charge in [0.05, 0.1) is 6.54 Å². The van der Waals surface area contributed by atoms with Gasteiger partial charge in [0.25, 0.3) is 5.91 Å². The van der Waals surface area contributed by atoms with Crippen molar-refractivity contribution in [2.75, 3.05) is 13.1 Å². The van der Waals surface area contributed by atoms with Crippen molar-refractivity contribution in [3.63, 3.8) is 0 Å². The summed E-state index contributed by atoms with van der Waals surface area (Å²) in [6.07, 6.45) is 0. The first-order valence-corrected chi connectivity index (χ1v) is 6.33. The summed E-state index contributed by atoms with van der Waals surface area (Å²) in [5.41, 5.74) is 2.09. The molecular weight excluding hydrogens is 224 g/mol. The molecule has 1 aromatic carbocycles. The Balaban J connectivity index is 2.20. The number of carbonyl (C=O) groups is 1. The quantitative estimate of drug-likeness (QED) is 0.747. The van der Waals surface area contributed by atoms with Crippen molar-refractivity contribution in [3.8, 4) is 0 Å². The van der Waals surface area contributed by atoms with Crippen molar-refractivity contribution >= 4 is 11.7 Å². The number of hydrogen-bond acceptors (Lipinski definition) is 2. The minimum absolute atomic E-state index is 0.0502. The van der Waals surface area contributed by atoms with Crippen LogP contribution in [0.25, 0.3) is 0 Å². The number of amides is 1. The average molecular weight is 244 g/mol. The van der Waals surface area contributed by atoms with E-state index in [1.54, 1.807) is 4.90 Å². The van der Waals surface area contributed by atoms with E-state index in [0.717, 1.165) is 17.9 Å². The summed E-state index contributed by atoms with van der Waals surface area (Å²) in [4.78, 5) is 18.2. The zero-order valence-electron chi connectivity index (χ0n) is 11.5. The SMILES string of the molecule is CC1=NCCN1C(=O)c1ccc(C(C)(C)C)cc1. The molecule has 18 heavy (non-hydrogen) atoms. The summed E-state index contributed by atoms with van der Waals surface area (Å²) in [5.74, 6) is 0.870. The number of benzene rings is 1. The number of hydrogen-bond donors (Lipinski definition) is 0. The minimum atomic E-state index is 0.0502. The Morgan fingerprint density at radius 1 is 1.22 bits per heavy atom. The molecule has 3 heteroatoms. The van der Waals surface area contributed by atoms with Gasteiger partial charge in [0.15, 0.2) is 0 Å². The summed E-state index contributed by atoms with van der Waals surface area (Å²) in [6, 6.07) is 7.90. The van der Waals surface area contributed by atoms with E-state index in [0.29, 0.717) is 6.54 Å². The fourth-order valence-corrected chi connectivity index (χ4v) is 2.08. The van der Waals surface area contributed by atoms with Crippen molar-refractivity contribution in [2.24, 2.45) is 4.99 Å². The first-order valence-electron chi connectivity index (χ1n) is 6.33. The summed E-state index contributed by atoms with van der Waals surface area (Å²) in [5, 5.41) is 0. The van der Waals surface area contributed by atoms with Gasteiger partial charge in [-0.1, -0.05) is 32.9 Å². The minimum Gasteiger partial charge on any atom is -0.295 e. The van der Waals surface area contributed by atoms with E-state index in [1.807, 2.05) is 31.2 Å². The third kappa shape index (κ3) is 2.45. The maximum Gasteiger partial charge on any atom is 0.259 e. The molecule has 0 spiro atoms. The molecule has 1 aromatic rings. The summed E-state index contributed by atoms with van der Waals surface area (Å²) >= 11 is 0. The summed E-state index contributed by atoms with van der Waals surface area (Å²) in [6.45, 7) is 9.81. The topological polar surface area (TPSA) is 32.7 Å². The van der Waals surface area contributed by atoms with E-state index in [4.69, 9.17) is 0 Å². The molecule has 0 aromatic heterocycles. The standard InChI is InChI=1S/C15H20N2O/c1-11-16-9-10-17(11)14(18)12-5-7-13(8-6-12)15(2,3)4/h5-8H,9-10H2,1-4H3. The zero-order chi connectivity index (χ0) is 13.3. The predicted molar refractivity (Wildman–Crippen MR) is 74.2 cm³/mol. The monoisotopic (exact) mass is 244 g/mol. The molecule has 0 atom stereocenters. The van der Waals surface area contributed by atoms with Crippen LogP contribution in [0.1, 0.15) is 43.6 Å². The van der Waals surface area contributed by atoms with Crippen LogP contribution < -0.4 is 0 Å². The molecule has 1 aliphatic heterocycles. The van der Waals surface area contributed by atoms with Crippen LogP contribution in [0.5, 0.6) is 0 Å². The van der Waals surface area contributed by atoms with Gasteiger partial charge in [0, 0.05) is 12.1 Å². The Hall–Kier alpha value is -1.64. The number of carbonyl (C=O) groups excluding carboxylic acids is 1. The summed E-state index contributed by atoms with van der Waals surface area (Å²) in [7, 11) is 0. The van der Waals surface area contributed by atoms with Gasteiger partial charge in [-0.3, -0.25) is 14.7 Å². The lowest BCUT2D eigenvalue weighted by Crippen LogP contribution is -2.32. The van der Waals surface area contributed by atoms with Crippen molar-refractivity contribution in [1.29, 1.82) is 0 Å². The van der Waals surface area contributed by atoms with Crippen molar-refractivity contribution in [1.82, 2.24) is 4.90 Å². The molecule has 0 saturated heterocycles. The maximum absolute atomic E-state index is 12.3. The van der Waals surface area contributed by atoms with Crippen molar-refractivity contribution in [3.05, 3.63) is 35.4 Å². The molecule has 1 aliphatic rings. The maximum atomic E-state index is 12.3. The lowest BCUT2D eigenvalue weighted by molar-refractivity contribution is 0.0857. The van der Waals surface area contributed by atoms with Gasteiger partial charge in [-0.25, -0.2) is 0 Å². The average Bonchev–Trinajstić information content (AvgIpc) is 2.73. The van der Waals surface area contributed by atoms with Crippen LogP contribution >= 0.6 is 0 Å². The molecule has 0 radical (unpaired) electrons. The first-order chi connectivity index (χ1) is 8.39. The lowest BCUT2D eigenvalue weighted by atomic mass is 9.86. The highest BCUT2D eigenvalue weighted by Crippen LogP contribution is 2.22. The van der Waals surface area contributed by atoms with Gasteiger partial charge >= 0.3 is 0 Å². The van der Waals surface area contributed by atoms with Gasteiger partial charge in [0.2, 0.25) is 0 Å². The molecule has 0 bridgehead atoms. The van der Waals surface area contributed by atoms with Gasteiger partial charge in [-0.05, 0) is 30.0 Å². The Morgan fingerprint density at radius 3 is 2.28 bits per heavy atom. The van der Waals surface area contributed by atoms with Crippen LogP contribution in [0.2, 0.25) is 0 Å². The largest absolute Gasteiger partial charge is 0.295 e. The van der Waals surface area contributed by atoms with Gasteiger partial charge in [-0.2, -0.15) is 0 Å². The molecule has 0 fully saturated rings. The number of amidine groups is 1. The van der Waals surface area contributed by atoms with Crippen molar-refractivity contribution < 1.29 is 4.79 Å². The van der Waals surface area contributed by atoms with Gasteiger partial charge in [-0.15, -0.1) is 0 Å². The van der Waals surface area contributed by atoms with Crippen LogP contribution in [-0.2, 0) is 5.41 Å². The van der Waals surface area contributed by atoms with E-state index in [-0.39, 0.29) is 11.3 Å². The molecule has 96 valence electrons. The second kappa shape index (κ2) is 4.56. The van der Waals surface area contributed by atoms with E-state index in [1.165, 1.54) is 5.56 Å². The molecule has 2 rings (SSSR count). The number of aliphatic imine (C=N–C) groups is 1. The molecule has 1 heterocycles. The van der Waals surface area contributed by atoms with E-state index in [2.05, 4.69) is 25.8 Å². The van der Waals surface area contributed by atoms with Crippen LogP contribution in [0.4, 0.5) is 0 Å². The molecule has 3 nitrogen and oxygen atoms in total. The normalized spacial score (nSPS) is 15.8. The van der Waals surface area contributed by atoms with Crippen LogP contribution in [0.3, 0.4) is 0 Å². The number of nitrogens with zero attached hydrogens (tertiary/aromatic N) is 2. The smallest absolute Gasteiger partial charge is 0.259 e. The van der Waals surface area contributed by atoms with Gasteiger partial charge in [0.1, 0.15) is 5.84 Å². The Labute approximate surface area is 109 Å². The third-order valence-electron chi connectivity index (χ3n) is 3.30. The Morgan fingerprint density at radius 2 is 1.83 bits per heavy atom. The molecule has 0 N–H and O–H groups in total. The highest BCUT2D eigenvalue weighted by Gasteiger charge is 2.22. The van der Waals surface area contributed by atoms with E-state index in [9.17, 15) is 4.79 Å². The predicted octanol–water partition coefficient (Wildman–Crippen LogP) is 2.86. The first kappa shape index (κ1) is 12.8. The second-order valence-electron chi connectivity index (χ2n) is 5.71. The highest BCUT2D eigenvalue weighted by molar-refractivity contribution is 6.06. The highest BCUT2D eigenvalue weighted by atomic mass is 16.2. The van der Waals surface area contributed by atoms with Crippen LogP contribution in [-0.4, -0.2) is 29.7 Å². The summed E-state index contributed by atoms with van der Waals surface area (Å²) < 4.78 is 0. The van der Waals surface area contributed by atoms with Gasteiger partial charge < -0.3 is 0 Å². The van der Waals surface area contributed by atoms with E-state index < -0.39 is 0 Å². The lowest BCUT2D eigenvalue weighted by Gasteiger charge is -2.20. The number of rotatable bonds is 1. The van der Waals surface area contributed by atoms with Crippen LogP contribution in [0.15, 0.2) is 29.3 Å². The zero-order valence-corrected chi connectivity index (χ0v) is 11.5. The fourth-order valence-electron chi connectivity index (χ4n) is 2.08. The third-order valence-corrected chi connectivity index (χ3v) is 3.30. The van der Waals surface area contributed by atoms with Crippen LogP contribution in [0, 0.1) is 0 Å².